The first-order chi connectivity index (χ1) is 6.39. The van der Waals surface area contributed by atoms with Gasteiger partial charge in [-0.25, -0.2) is 0 Å². The van der Waals surface area contributed by atoms with Gasteiger partial charge in [-0.05, 0) is 0 Å². The molecule has 1 fully saturated rings. The predicted molar refractivity (Wildman–Crippen MR) is 64.1 cm³/mol. The third-order valence-electron chi connectivity index (χ3n) is 3.18. The Kier molecular flexibility index (Phi) is 3.99. The second kappa shape index (κ2) is 4.65. The summed E-state index contributed by atoms with van der Waals surface area (Å²) < 4.78 is 1.48. The third-order valence-corrected chi connectivity index (χ3v) is 8.06. The van der Waals surface area contributed by atoms with Crippen molar-refractivity contribution < 1.29 is 4.79 Å². The van der Waals surface area contributed by atoms with Gasteiger partial charge in [0.1, 0.15) is 0 Å². The molecule has 0 radical (unpaired) electrons. The molecule has 1 rings (SSSR count). The van der Waals surface area contributed by atoms with Crippen molar-refractivity contribution in [3.63, 3.8) is 0 Å². The Morgan fingerprint density at radius 3 is 2.64 bits per heavy atom. The van der Waals surface area contributed by atoms with E-state index >= 15 is 0 Å². The summed E-state index contributed by atoms with van der Waals surface area (Å²) in [6.45, 7) is 4.22. The molecule has 0 saturated heterocycles. The summed E-state index contributed by atoms with van der Waals surface area (Å²) in [5.74, 6) is 8.23. The van der Waals surface area contributed by atoms with E-state index < -0.39 is 13.3 Å². The number of ketones is 1. The van der Waals surface area contributed by atoms with Gasteiger partial charge in [0.25, 0.3) is 0 Å². The van der Waals surface area contributed by atoms with Crippen LogP contribution in [0.1, 0.15) is 32.1 Å². The van der Waals surface area contributed by atoms with Crippen LogP contribution in [0.25, 0.3) is 0 Å². The van der Waals surface area contributed by atoms with Crippen LogP contribution in [0.5, 0.6) is 0 Å². The molecule has 0 spiro atoms. The number of carbonyl (C=O) groups is 1. The first-order valence-electron chi connectivity index (χ1n) is 5.59. The molecule has 0 aromatic carbocycles. The maximum atomic E-state index is 11.3. The zero-order chi connectivity index (χ0) is 10.8. The van der Waals surface area contributed by atoms with E-state index in [0.717, 1.165) is 25.7 Å². The first kappa shape index (κ1) is 12.0. The van der Waals surface area contributed by atoms with Crippen molar-refractivity contribution in [1.29, 1.82) is 0 Å². The molecular weight excluding hydrogens is 233 g/mol. The van der Waals surface area contributed by atoms with E-state index in [-0.39, 0.29) is 0 Å². The summed E-state index contributed by atoms with van der Waals surface area (Å²) in [5.41, 5.74) is 0. The zero-order valence-corrected chi connectivity index (χ0v) is 11.8. The molecule has 1 unspecified atom stereocenters. The van der Waals surface area contributed by atoms with Gasteiger partial charge < -0.3 is 0 Å². The average Bonchev–Trinajstić information content (AvgIpc) is 2.02. The average molecular weight is 255 g/mol. The molecule has 2 heteroatoms. The molecule has 0 bridgehead atoms. The Labute approximate surface area is 90.3 Å². The molecule has 0 N–H and O–H groups in total. The van der Waals surface area contributed by atoms with Crippen LogP contribution in [0.15, 0.2) is 11.0 Å². The summed E-state index contributed by atoms with van der Waals surface area (Å²) >= 11 is -1.65. The zero-order valence-electron chi connectivity index (χ0n) is 9.73. The first-order valence-corrected chi connectivity index (χ1v) is 12.9. The minimum atomic E-state index is -1.65. The molecular formula is C12H22GeO. The van der Waals surface area contributed by atoms with E-state index in [1.54, 1.807) is 0 Å². The van der Waals surface area contributed by atoms with E-state index in [1.165, 1.54) is 10.8 Å². The SMILES string of the molecule is C=[C](CC1CCCC(=O)C1)[Ge]([CH3])([CH3])[CH3]. The fourth-order valence-corrected chi connectivity index (χ4v) is 3.83. The Morgan fingerprint density at radius 2 is 2.14 bits per heavy atom. The maximum absolute atomic E-state index is 11.3. The second-order valence-electron chi connectivity index (χ2n) is 5.56. The molecule has 0 aromatic rings. The quantitative estimate of drug-likeness (QED) is 0.704. The van der Waals surface area contributed by atoms with Crippen molar-refractivity contribution in [2.75, 3.05) is 0 Å². The third kappa shape index (κ3) is 3.60. The standard InChI is InChI=1S/C12H22GeO/c1-10(13(2,3)4)8-11-6-5-7-12(14)9-11/h11H,1,5-9H2,2-4H3. The molecule has 0 heterocycles. The molecule has 1 aliphatic rings. The topological polar surface area (TPSA) is 17.1 Å². The predicted octanol–water partition coefficient (Wildman–Crippen LogP) is 3.57. The molecule has 0 aliphatic heterocycles. The number of allylic oxidation sites excluding steroid dienone is 1. The molecule has 1 nitrogen and oxygen atoms in total. The molecule has 0 aromatic heterocycles. The Balaban J connectivity index is 2.44. The van der Waals surface area contributed by atoms with Crippen LogP contribution in [-0.4, -0.2) is 19.0 Å². The minimum absolute atomic E-state index is 0.468. The number of carbonyl (C=O) groups excluding carboxylic acids is 1. The van der Waals surface area contributed by atoms with E-state index in [1.807, 2.05) is 0 Å². The van der Waals surface area contributed by atoms with E-state index in [2.05, 4.69) is 23.8 Å². The van der Waals surface area contributed by atoms with Gasteiger partial charge >= 0.3 is 90.1 Å². The van der Waals surface area contributed by atoms with Crippen molar-refractivity contribution in [2.24, 2.45) is 5.92 Å². The summed E-state index contributed by atoms with van der Waals surface area (Å²) in [5, 5.41) is 0. The van der Waals surface area contributed by atoms with Gasteiger partial charge in [-0.2, -0.15) is 0 Å². The van der Waals surface area contributed by atoms with Crippen LogP contribution in [0.3, 0.4) is 0 Å². The van der Waals surface area contributed by atoms with Gasteiger partial charge in [-0.1, -0.05) is 0 Å². The number of hydrogen-bond acceptors (Lipinski definition) is 1. The Morgan fingerprint density at radius 1 is 1.50 bits per heavy atom. The molecule has 14 heavy (non-hydrogen) atoms. The van der Waals surface area contributed by atoms with Crippen LogP contribution in [0, 0.1) is 5.92 Å². The van der Waals surface area contributed by atoms with Crippen LogP contribution in [0.2, 0.25) is 17.3 Å². The van der Waals surface area contributed by atoms with Gasteiger partial charge in [-0.15, -0.1) is 0 Å². The number of Topliss-reactive ketones (excluding diaryl/α,β-unsaturated/α-hetero) is 1. The second-order valence-corrected chi connectivity index (χ2v) is 16.5. The van der Waals surface area contributed by atoms with Gasteiger partial charge in [0.15, 0.2) is 0 Å². The van der Waals surface area contributed by atoms with Crippen LogP contribution in [0.4, 0.5) is 0 Å². The van der Waals surface area contributed by atoms with E-state index in [9.17, 15) is 4.79 Å². The summed E-state index contributed by atoms with van der Waals surface area (Å²) in [7, 11) is 0. The summed E-state index contributed by atoms with van der Waals surface area (Å²) in [4.78, 5) is 11.3. The molecule has 1 atom stereocenters. The van der Waals surface area contributed by atoms with E-state index in [0.29, 0.717) is 11.7 Å². The number of hydrogen-bond donors (Lipinski definition) is 0. The normalized spacial score (nSPS) is 23.6. The van der Waals surface area contributed by atoms with Gasteiger partial charge in [0.05, 0.1) is 0 Å². The fraction of sp³-hybridized carbons (Fsp3) is 0.750. The van der Waals surface area contributed by atoms with Crippen molar-refractivity contribution in [2.45, 2.75) is 49.4 Å². The van der Waals surface area contributed by atoms with Gasteiger partial charge in [0.2, 0.25) is 0 Å². The van der Waals surface area contributed by atoms with Crippen molar-refractivity contribution in [1.82, 2.24) is 0 Å². The Bertz CT molecular complexity index is 237. The van der Waals surface area contributed by atoms with Crippen LogP contribution in [-0.2, 0) is 4.79 Å². The van der Waals surface area contributed by atoms with E-state index in [4.69, 9.17) is 0 Å². The van der Waals surface area contributed by atoms with Gasteiger partial charge in [-0.3, -0.25) is 0 Å². The Hall–Kier alpha value is -0.0471. The van der Waals surface area contributed by atoms with Crippen LogP contribution >= 0.6 is 0 Å². The summed E-state index contributed by atoms with van der Waals surface area (Å²) in [6.07, 6.45) is 5.10. The van der Waals surface area contributed by atoms with Crippen LogP contribution < -0.4 is 0 Å². The van der Waals surface area contributed by atoms with Crippen molar-refractivity contribution in [3.8, 4) is 0 Å². The molecule has 1 saturated carbocycles. The molecule has 80 valence electrons. The monoisotopic (exact) mass is 256 g/mol. The van der Waals surface area contributed by atoms with Crippen molar-refractivity contribution in [3.05, 3.63) is 11.0 Å². The summed E-state index contributed by atoms with van der Waals surface area (Å²) in [6, 6.07) is 0. The van der Waals surface area contributed by atoms with Gasteiger partial charge in [0, 0.05) is 0 Å². The number of rotatable bonds is 3. The fourth-order valence-electron chi connectivity index (χ4n) is 1.94. The molecule has 1 aliphatic carbocycles. The molecule has 0 amide bonds. The van der Waals surface area contributed by atoms with Crippen molar-refractivity contribution >= 4 is 19.0 Å².